The third-order valence-corrected chi connectivity index (χ3v) is 6.34. The predicted molar refractivity (Wildman–Crippen MR) is 127 cm³/mol. The van der Waals surface area contributed by atoms with Crippen LogP contribution in [0.4, 0.5) is 0 Å². The molecule has 174 valence electrons. The van der Waals surface area contributed by atoms with Gasteiger partial charge in [0.15, 0.2) is 0 Å². The Labute approximate surface area is 195 Å². The molecular formula is C26H32N4O3. The molecule has 33 heavy (non-hydrogen) atoms. The molecular weight excluding hydrogens is 416 g/mol. The molecule has 1 unspecified atom stereocenters. The third kappa shape index (κ3) is 5.79. The molecule has 1 atom stereocenters. The fourth-order valence-corrected chi connectivity index (χ4v) is 4.23. The number of nitrogens with one attached hydrogen (secondary N) is 1. The summed E-state index contributed by atoms with van der Waals surface area (Å²) < 4.78 is 10.7. The average Bonchev–Trinajstić information content (AvgIpc) is 3.32. The van der Waals surface area contributed by atoms with E-state index in [1.807, 2.05) is 48.5 Å². The Hall–Kier alpha value is -3.19. The van der Waals surface area contributed by atoms with Crippen LogP contribution in [0.25, 0.3) is 11.4 Å². The van der Waals surface area contributed by atoms with Gasteiger partial charge in [-0.25, -0.2) is 0 Å². The van der Waals surface area contributed by atoms with Crippen LogP contribution in [0.1, 0.15) is 49.2 Å². The zero-order valence-electron chi connectivity index (χ0n) is 19.6. The second-order valence-electron chi connectivity index (χ2n) is 8.67. The molecule has 2 heterocycles. The van der Waals surface area contributed by atoms with Gasteiger partial charge < -0.3 is 14.6 Å². The number of aryl methyl sites for hydroxylation is 1. The van der Waals surface area contributed by atoms with Crippen molar-refractivity contribution in [2.75, 3.05) is 20.2 Å². The van der Waals surface area contributed by atoms with Crippen LogP contribution in [-0.2, 0) is 11.3 Å². The zero-order chi connectivity index (χ0) is 23.2. The number of ether oxygens (including phenoxy) is 1. The van der Waals surface area contributed by atoms with Crippen molar-refractivity contribution in [3.8, 4) is 17.1 Å². The van der Waals surface area contributed by atoms with Crippen LogP contribution >= 0.6 is 0 Å². The minimum atomic E-state index is 0.0139. The molecule has 7 nitrogen and oxygen atoms in total. The van der Waals surface area contributed by atoms with Crippen molar-refractivity contribution in [3.05, 3.63) is 65.5 Å². The molecule has 0 radical (unpaired) electrons. The lowest BCUT2D eigenvalue weighted by Crippen LogP contribution is -2.41. The highest BCUT2D eigenvalue weighted by Gasteiger charge is 2.27. The van der Waals surface area contributed by atoms with E-state index in [0.717, 1.165) is 49.2 Å². The summed E-state index contributed by atoms with van der Waals surface area (Å²) in [6.45, 7) is 6.42. The van der Waals surface area contributed by atoms with E-state index in [-0.39, 0.29) is 17.9 Å². The summed E-state index contributed by atoms with van der Waals surface area (Å²) in [4.78, 5) is 19.7. The molecule has 1 aromatic heterocycles. The van der Waals surface area contributed by atoms with Crippen LogP contribution in [-0.4, -0.2) is 41.1 Å². The highest BCUT2D eigenvalue weighted by molar-refractivity contribution is 5.79. The molecule has 1 amide bonds. The van der Waals surface area contributed by atoms with Gasteiger partial charge in [0, 0.05) is 11.5 Å². The Kier molecular flexibility index (Phi) is 7.40. The van der Waals surface area contributed by atoms with Gasteiger partial charge in [-0.05, 0) is 57.0 Å². The second-order valence-corrected chi connectivity index (χ2v) is 8.67. The SMILES string of the molecule is CCC(NC(=O)C1CCN(Cc2nc(-c3ccc(C)cc3)no2)CC1)c1ccc(OC)cc1. The van der Waals surface area contributed by atoms with Gasteiger partial charge in [-0.3, -0.25) is 9.69 Å². The summed E-state index contributed by atoms with van der Waals surface area (Å²) in [6, 6.07) is 16.0. The molecule has 1 saturated heterocycles. The normalized spacial score (nSPS) is 15.8. The minimum Gasteiger partial charge on any atom is -0.497 e. The van der Waals surface area contributed by atoms with Gasteiger partial charge in [0.1, 0.15) is 5.75 Å². The van der Waals surface area contributed by atoms with Gasteiger partial charge in [-0.15, -0.1) is 0 Å². The fourth-order valence-electron chi connectivity index (χ4n) is 4.23. The Bertz CT molecular complexity index is 1040. The molecule has 4 rings (SSSR count). The van der Waals surface area contributed by atoms with Crippen LogP contribution in [0.2, 0.25) is 0 Å². The van der Waals surface area contributed by atoms with Crippen LogP contribution in [0, 0.1) is 12.8 Å². The minimum absolute atomic E-state index is 0.0139. The summed E-state index contributed by atoms with van der Waals surface area (Å²) in [5.74, 6) is 2.21. The summed E-state index contributed by atoms with van der Waals surface area (Å²) in [5, 5.41) is 7.36. The number of likely N-dealkylation sites (tertiary alicyclic amines) is 1. The molecule has 2 aromatic carbocycles. The number of benzene rings is 2. The third-order valence-electron chi connectivity index (χ3n) is 6.34. The number of aromatic nitrogens is 2. The van der Waals surface area contributed by atoms with Gasteiger partial charge in [0.05, 0.1) is 19.7 Å². The monoisotopic (exact) mass is 448 g/mol. The first-order chi connectivity index (χ1) is 16.1. The first-order valence-electron chi connectivity index (χ1n) is 11.6. The van der Waals surface area contributed by atoms with Crippen LogP contribution in [0.5, 0.6) is 5.75 Å². The average molecular weight is 449 g/mol. The molecule has 1 N–H and O–H groups in total. The Balaban J connectivity index is 1.27. The Morgan fingerprint density at radius 3 is 2.48 bits per heavy atom. The van der Waals surface area contributed by atoms with Crippen molar-refractivity contribution in [1.82, 2.24) is 20.4 Å². The molecule has 1 fully saturated rings. The number of hydrogen-bond donors (Lipinski definition) is 1. The number of amides is 1. The van der Waals surface area contributed by atoms with Crippen molar-refractivity contribution in [2.45, 2.75) is 45.7 Å². The van der Waals surface area contributed by atoms with E-state index < -0.39 is 0 Å². The van der Waals surface area contributed by atoms with Crippen molar-refractivity contribution in [3.63, 3.8) is 0 Å². The van der Waals surface area contributed by atoms with E-state index in [0.29, 0.717) is 18.3 Å². The van der Waals surface area contributed by atoms with Gasteiger partial charge in [0.2, 0.25) is 17.6 Å². The van der Waals surface area contributed by atoms with E-state index in [1.54, 1.807) is 7.11 Å². The van der Waals surface area contributed by atoms with Gasteiger partial charge in [-0.2, -0.15) is 4.98 Å². The molecule has 0 bridgehead atoms. The largest absolute Gasteiger partial charge is 0.497 e. The Morgan fingerprint density at radius 2 is 1.85 bits per heavy atom. The number of carbonyl (C=O) groups excluding carboxylic acids is 1. The number of hydrogen-bond acceptors (Lipinski definition) is 6. The first kappa shape index (κ1) is 23.0. The summed E-state index contributed by atoms with van der Waals surface area (Å²) in [5.41, 5.74) is 3.25. The molecule has 3 aromatic rings. The highest BCUT2D eigenvalue weighted by atomic mass is 16.5. The molecule has 1 aliphatic rings. The van der Waals surface area contributed by atoms with Gasteiger partial charge in [0.25, 0.3) is 0 Å². The summed E-state index contributed by atoms with van der Waals surface area (Å²) in [7, 11) is 1.65. The number of methoxy groups -OCH3 is 1. The number of rotatable bonds is 8. The van der Waals surface area contributed by atoms with Crippen LogP contribution in [0.15, 0.2) is 53.1 Å². The van der Waals surface area contributed by atoms with Gasteiger partial charge >= 0.3 is 0 Å². The molecule has 7 heteroatoms. The number of piperidine rings is 1. The van der Waals surface area contributed by atoms with Crippen molar-refractivity contribution in [1.29, 1.82) is 0 Å². The Morgan fingerprint density at radius 1 is 1.15 bits per heavy atom. The number of carbonyl (C=O) groups is 1. The summed E-state index contributed by atoms with van der Waals surface area (Å²) in [6.07, 6.45) is 2.49. The van der Waals surface area contributed by atoms with Crippen molar-refractivity contribution < 1.29 is 14.1 Å². The van der Waals surface area contributed by atoms with Crippen molar-refractivity contribution in [2.24, 2.45) is 5.92 Å². The maximum absolute atomic E-state index is 12.9. The lowest BCUT2D eigenvalue weighted by Gasteiger charge is -2.31. The second kappa shape index (κ2) is 10.6. The standard InChI is InChI=1S/C26H32N4O3/c1-4-23(19-9-11-22(32-3)12-10-19)27-26(31)21-13-15-30(16-14-21)17-24-28-25(29-33-24)20-7-5-18(2)6-8-20/h5-12,21,23H,4,13-17H2,1-3H3,(H,27,31). The predicted octanol–water partition coefficient (Wildman–Crippen LogP) is 4.53. The number of nitrogens with zero attached hydrogens (tertiary/aromatic N) is 3. The maximum Gasteiger partial charge on any atom is 0.241 e. The zero-order valence-corrected chi connectivity index (χ0v) is 19.6. The topological polar surface area (TPSA) is 80.5 Å². The van der Waals surface area contributed by atoms with E-state index in [2.05, 4.69) is 34.2 Å². The van der Waals surface area contributed by atoms with E-state index in [1.165, 1.54) is 5.56 Å². The quantitative estimate of drug-likeness (QED) is 0.545. The molecule has 1 aliphatic heterocycles. The van der Waals surface area contributed by atoms with E-state index in [9.17, 15) is 4.79 Å². The van der Waals surface area contributed by atoms with Crippen molar-refractivity contribution >= 4 is 5.91 Å². The lowest BCUT2D eigenvalue weighted by atomic mass is 9.94. The van der Waals surface area contributed by atoms with E-state index in [4.69, 9.17) is 9.26 Å². The fraction of sp³-hybridized carbons (Fsp3) is 0.423. The highest BCUT2D eigenvalue weighted by Crippen LogP contribution is 2.24. The van der Waals surface area contributed by atoms with Crippen LogP contribution < -0.4 is 10.1 Å². The smallest absolute Gasteiger partial charge is 0.241 e. The lowest BCUT2D eigenvalue weighted by molar-refractivity contribution is -0.127. The van der Waals surface area contributed by atoms with Crippen LogP contribution in [0.3, 0.4) is 0 Å². The first-order valence-corrected chi connectivity index (χ1v) is 11.6. The van der Waals surface area contributed by atoms with Gasteiger partial charge in [-0.1, -0.05) is 54.0 Å². The van der Waals surface area contributed by atoms with E-state index >= 15 is 0 Å². The summed E-state index contributed by atoms with van der Waals surface area (Å²) >= 11 is 0. The molecule has 0 aliphatic carbocycles. The molecule has 0 spiro atoms. The maximum atomic E-state index is 12.9. The molecule has 0 saturated carbocycles.